The average molecular weight is 265 g/mol. The lowest BCUT2D eigenvalue weighted by molar-refractivity contribution is 0.134. The van der Waals surface area contributed by atoms with Crippen molar-refractivity contribution in [3.8, 4) is 0 Å². The van der Waals surface area contributed by atoms with Gasteiger partial charge in [0, 0.05) is 13.7 Å². The van der Waals surface area contributed by atoms with Crippen LogP contribution in [0.5, 0.6) is 0 Å². The van der Waals surface area contributed by atoms with E-state index < -0.39 is 0 Å². The molecule has 3 atom stereocenters. The molecule has 5 heteroatoms. The fraction of sp³-hybridized carbons (Fsp3) is 0.714. The zero-order chi connectivity index (χ0) is 14.0. The van der Waals surface area contributed by atoms with E-state index in [1.54, 1.807) is 12.0 Å². The molecular formula is C14H23N3O2. The smallest absolute Gasteiger partial charge is 0.345 e. The summed E-state index contributed by atoms with van der Waals surface area (Å²) in [6, 6.07) is -0.284. The molecule has 0 aromatic carbocycles. The lowest BCUT2D eigenvalue weighted by atomic mass is 9.79. The Morgan fingerprint density at radius 2 is 2.32 bits per heavy atom. The second-order valence-corrected chi connectivity index (χ2v) is 5.64. The Labute approximate surface area is 114 Å². The Bertz CT molecular complexity index is 417. The average Bonchev–Trinajstić information content (AvgIpc) is 2.59. The van der Waals surface area contributed by atoms with E-state index in [2.05, 4.69) is 24.9 Å². The predicted octanol–water partition coefficient (Wildman–Crippen LogP) is 1.79. The van der Waals surface area contributed by atoms with Gasteiger partial charge < -0.3 is 15.4 Å². The number of hydrogen-bond acceptors (Lipinski definition) is 3. The lowest BCUT2D eigenvalue weighted by Gasteiger charge is -2.35. The van der Waals surface area contributed by atoms with Gasteiger partial charge in [0.15, 0.2) is 0 Å². The summed E-state index contributed by atoms with van der Waals surface area (Å²) in [6.45, 7) is 5.42. The minimum atomic E-state index is -0.223. The molecule has 0 aromatic rings. The number of hydrogen-bond donors (Lipinski definition) is 1. The molecule has 19 heavy (non-hydrogen) atoms. The van der Waals surface area contributed by atoms with Gasteiger partial charge in [-0.15, -0.1) is 0 Å². The van der Waals surface area contributed by atoms with Crippen LogP contribution in [0.25, 0.3) is 0 Å². The normalized spacial score (nSPS) is 31.4. The van der Waals surface area contributed by atoms with Crippen molar-refractivity contribution in [2.45, 2.75) is 32.7 Å². The number of amidine groups is 1. The molecule has 2 rings (SSSR count). The van der Waals surface area contributed by atoms with E-state index in [4.69, 9.17) is 10.5 Å². The Morgan fingerprint density at radius 3 is 2.95 bits per heavy atom. The van der Waals surface area contributed by atoms with Gasteiger partial charge in [-0.05, 0) is 31.6 Å². The highest BCUT2D eigenvalue weighted by Gasteiger charge is 2.39. The number of nitrogens with two attached hydrogens (primary N) is 1. The summed E-state index contributed by atoms with van der Waals surface area (Å²) in [5.74, 6) is 1.37. The summed E-state index contributed by atoms with van der Waals surface area (Å²) in [7, 11) is 1.63. The molecule has 0 aromatic heterocycles. The molecule has 2 N–H and O–H groups in total. The van der Waals surface area contributed by atoms with Crippen molar-refractivity contribution in [1.29, 1.82) is 0 Å². The van der Waals surface area contributed by atoms with Crippen LogP contribution in [0, 0.1) is 11.8 Å². The van der Waals surface area contributed by atoms with Crippen LogP contribution in [-0.4, -0.2) is 43.1 Å². The van der Waals surface area contributed by atoms with E-state index in [1.807, 2.05) is 0 Å². The van der Waals surface area contributed by atoms with E-state index in [9.17, 15) is 4.79 Å². The Kier molecular flexibility index (Phi) is 4.24. The van der Waals surface area contributed by atoms with Crippen LogP contribution in [0.15, 0.2) is 16.6 Å². The van der Waals surface area contributed by atoms with E-state index in [-0.39, 0.29) is 12.1 Å². The molecule has 0 spiro atoms. The number of carbonyl (C=O) groups excluding carboxylic acids is 1. The maximum absolute atomic E-state index is 11.9. The fourth-order valence-electron chi connectivity index (χ4n) is 3.28. The molecule has 1 aliphatic carbocycles. The molecule has 0 saturated carbocycles. The number of nitrogens with zero attached hydrogens (tertiary/aromatic N) is 2. The Balaban J connectivity index is 2.14. The first-order chi connectivity index (χ1) is 9.02. The van der Waals surface area contributed by atoms with E-state index in [0.717, 1.165) is 12.8 Å². The third kappa shape index (κ3) is 2.97. The largest absolute Gasteiger partial charge is 0.385 e. The predicted molar refractivity (Wildman–Crippen MR) is 75.0 cm³/mol. The van der Waals surface area contributed by atoms with Crippen LogP contribution in [-0.2, 0) is 4.74 Å². The number of amides is 2. The molecule has 1 heterocycles. The number of rotatable bonds is 4. The van der Waals surface area contributed by atoms with Crippen LogP contribution < -0.4 is 5.73 Å². The summed E-state index contributed by atoms with van der Waals surface area (Å²) in [4.78, 5) is 17.6. The Hall–Kier alpha value is -1.36. The monoisotopic (exact) mass is 265 g/mol. The number of allylic oxidation sites excluding steroid dienone is 2. The SMILES string of the molecule is COCCN1C(=O)N=C(N)C1C1CC(C)=CC(C)C1. The highest BCUT2D eigenvalue weighted by Crippen LogP contribution is 2.34. The molecule has 1 aliphatic heterocycles. The molecule has 0 saturated heterocycles. The molecule has 0 radical (unpaired) electrons. The molecule has 106 valence electrons. The second kappa shape index (κ2) is 5.74. The number of aliphatic imine (C=N–C) groups is 1. The summed E-state index contributed by atoms with van der Waals surface area (Å²) < 4.78 is 5.07. The van der Waals surface area contributed by atoms with Crippen molar-refractivity contribution in [2.24, 2.45) is 22.6 Å². The third-order valence-electron chi connectivity index (χ3n) is 3.92. The van der Waals surface area contributed by atoms with Crippen molar-refractivity contribution in [3.63, 3.8) is 0 Å². The first kappa shape index (κ1) is 14.1. The molecular weight excluding hydrogens is 242 g/mol. The zero-order valence-electron chi connectivity index (χ0n) is 11.9. The van der Waals surface area contributed by atoms with E-state index >= 15 is 0 Å². The number of carbonyl (C=O) groups is 1. The highest BCUT2D eigenvalue weighted by molar-refractivity contribution is 6.03. The van der Waals surface area contributed by atoms with Gasteiger partial charge in [-0.25, -0.2) is 4.79 Å². The van der Waals surface area contributed by atoms with Gasteiger partial charge in [0.2, 0.25) is 0 Å². The van der Waals surface area contributed by atoms with Crippen LogP contribution in [0.4, 0.5) is 4.79 Å². The maximum atomic E-state index is 11.9. The zero-order valence-corrected chi connectivity index (χ0v) is 11.9. The van der Waals surface area contributed by atoms with Crippen molar-refractivity contribution in [2.75, 3.05) is 20.3 Å². The highest BCUT2D eigenvalue weighted by atomic mass is 16.5. The number of ether oxygens (including phenoxy) is 1. The quantitative estimate of drug-likeness (QED) is 0.788. The van der Waals surface area contributed by atoms with Crippen LogP contribution in [0.3, 0.4) is 0 Å². The van der Waals surface area contributed by atoms with Gasteiger partial charge in [0.05, 0.1) is 12.6 Å². The van der Waals surface area contributed by atoms with Gasteiger partial charge in [-0.3, -0.25) is 0 Å². The van der Waals surface area contributed by atoms with Crippen molar-refractivity contribution < 1.29 is 9.53 Å². The molecule has 0 bridgehead atoms. The fourth-order valence-corrected chi connectivity index (χ4v) is 3.28. The van der Waals surface area contributed by atoms with Gasteiger partial charge in [-0.1, -0.05) is 18.6 Å². The molecule has 5 nitrogen and oxygen atoms in total. The number of methoxy groups -OCH3 is 1. The van der Waals surface area contributed by atoms with Gasteiger partial charge in [0.1, 0.15) is 5.84 Å². The molecule has 2 amide bonds. The maximum Gasteiger partial charge on any atom is 0.345 e. The lowest BCUT2D eigenvalue weighted by Crippen LogP contribution is -2.47. The van der Waals surface area contributed by atoms with Crippen molar-refractivity contribution in [1.82, 2.24) is 4.90 Å². The third-order valence-corrected chi connectivity index (χ3v) is 3.92. The summed E-state index contributed by atoms with van der Waals surface area (Å²) in [5.41, 5.74) is 7.36. The summed E-state index contributed by atoms with van der Waals surface area (Å²) >= 11 is 0. The topological polar surface area (TPSA) is 67.9 Å². The van der Waals surface area contributed by atoms with Crippen LogP contribution >= 0.6 is 0 Å². The van der Waals surface area contributed by atoms with E-state index in [0.29, 0.717) is 30.8 Å². The van der Waals surface area contributed by atoms with Crippen LogP contribution in [0.1, 0.15) is 26.7 Å². The van der Waals surface area contributed by atoms with E-state index in [1.165, 1.54) is 5.57 Å². The Morgan fingerprint density at radius 1 is 1.58 bits per heavy atom. The van der Waals surface area contributed by atoms with Gasteiger partial charge in [0.25, 0.3) is 0 Å². The summed E-state index contributed by atoms with van der Waals surface area (Å²) in [5, 5.41) is 0. The minimum Gasteiger partial charge on any atom is -0.385 e. The molecule has 3 unspecified atom stereocenters. The van der Waals surface area contributed by atoms with Crippen LogP contribution in [0.2, 0.25) is 0 Å². The van der Waals surface area contributed by atoms with Gasteiger partial charge in [-0.2, -0.15) is 4.99 Å². The summed E-state index contributed by atoms with van der Waals surface area (Å²) in [6.07, 6.45) is 4.34. The standard InChI is InChI=1S/C14H23N3O2/c1-9-6-10(2)8-11(7-9)12-13(15)16-14(18)17(12)4-5-19-3/h6,9,11-12H,4-5,7-8H2,1-3H3,(H2,15,16,18). The minimum absolute atomic E-state index is 0.0613. The number of urea groups is 1. The molecule has 2 aliphatic rings. The first-order valence-electron chi connectivity index (χ1n) is 6.83. The van der Waals surface area contributed by atoms with Crippen molar-refractivity contribution in [3.05, 3.63) is 11.6 Å². The second-order valence-electron chi connectivity index (χ2n) is 5.64. The van der Waals surface area contributed by atoms with Crippen molar-refractivity contribution >= 4 is 11.9 Å². The first-order valence-corrected chi connectivity index (χ1v) is 6.83. The van der Waals surface area contributed by atoms with Gasteiger partial charge >= 0.3 is 6.03 Å². The molecule has 0 fully saturated rings.